The number of nitrogens with one attached hydrogen (secondary N) is 1. The molecule has 1 N–H and O–H groups in total. The second kappa shape index (κ2) is 7.09. The number of aryl methyl sites for hydroxylation is 1. The SMILES string of the molecule is Cc1cccc2c1Nc1c(-c3ccc4c5cccc6cccc(c7cccc3c74)c65)cccc1S2(=O)=O. The summed E-state index contributed by atoms with van der Waals surface area (Å²) in [5.74, 6) is 0. The molecule has 0 saturated carbocycles. The second-order valence-corrected chi connectivity index (χ2v) is 11.7. The summed E-state index contributed by atoms with van der Waals surface area (Å²) in [5, 5.41) is 13.3. The van der Waals surface area contributed by atoms with Gasteiger partial charge < -0.3 is 5.32 Å². The van der Waals surface area contributed by atoms with Crippen molar-refractivity contribution in [2.24, 2.45) is 0 Å². The van der Waals surface area contributed by atoms with Gasteiger partial charge in [-0.3, -0.25) is 0 Å². The van der Waals surface area contributed by atoms with Crippen LogP contribution >= 0.6 is 0 Å². The van der Waals surface area contributed by atoms with Crippen molar-refractivity contribution < 1.29 is 8.42 Å². The minimum absolute atomic E-state index is 0.318. The van der Waals surface area contributed by atoms with E-state index in [-0.39, 0.29) is 0 Å². The molecule has 0 aromatic heterocycles. The standard InChI is InChI=1S/C33H21NO2S/c1-19-7-2-15-28-32(19)34-33-27(14-6-16-29(33)37(28,35)36)21-17-18-26-24-11-4-9-20-8-3-10-23(30(20)24)25-13-5-12-22(21)31(25)26/h2-18,34H,1H3. The third-order valence-corrected chi connectivity index (χ3v) is 9.74. The summed E-state index contributed by atoms with van der Waals surface area (Å²) < 4.78 is 27.3. The van der Waals surface area contributed by atoms with Crippen LogP contribution in [0.1, 0.15) is 5.56 Å². The molecule has 0 spiro atoms. The van der Waals surface area contributed by atoms with E-state index in [4.69, 9.17) is 0 Å². The fraction of sp³-hybridized carbons (Fsp3) is 0.0303. The predicted molar refractivity (Wildman–Crippen MR) is 153 cm³/mol. The first-order chi connectivity index (χ1) is 18.0. The van der Waals surface area contributed by atoms with Crippen molar-refractivity contribution in [1.29, 1.82) is 0 Å². The van der Waals surface area contributed by atoms with E-state index in [2.05, 4.69) is 72.0 Å². The highest BCUT2D eigenvalue weighted by atomic mass is 32.2. The zero-order chi connectivity index (χ0) is 24.9. The fourth-order valence-corrected chi connectivity index (χ4v) is 7.92. The Balaban J connectivity index is 1.49. The summed E-state index contributed by atoms with van der Waals surface area (Å²) in [7, 11) is -3.65. The summed E-state index contributed by atoms with van der Waals surface area (Å²) >= 11 is 0. The van der Waals surface area contributed by atoms with Gasteiger partial charge in [-0.15, -0.1) is 0 Å². The average molecular weight is 496 g/mol. The molecule has 1 heterocycles. The van der Waals surface area contributed by atoms with Gasteiger partial charge in [0.25, 0.3) is 0 Å². The van der Waals surface area contributed by atoms with Crippen molar-refractivity contribution in [2.45, 2.75) is 16.7 Å². The monoisotopic (exact) mass is 495 g/mol. The van der Waals surface area contributed by atoms with E-state index in [1.807, 2.05) is 25.1 Å². The molecule has 0 atom stereocenters. The van der Waals surface area contributed by atoms with Gasteiger partial charge in [-0.2, -0.15) is 0 Å². The molecule has 37 heavy (non-hydrogen) atoms. The molecule has 0 unspecified atom stereocenters. The molecule has 0 amide bonds. The van der Waals surface area contributed by atoms with Gasteiger partial charge in [-0.25, -0.2) is 8.42 Å². The van der Waals surface area contributed by atoms with Gasteiger partial charge in [0.05, 0.1) is 21.2 Å². The molecule has 4 heteroatoms. The Morgan fingerprint density at radius 2 is 1.08 bits per heavy atom. The number of fused-ring (bicyclic) bond motifs is 4. The number of hydrogen-bond acceptors (Lipinski definition) is 3. The van der Waals surface area contributed by atoms with Gasteiger partial charge in [0.15, 0.2) is 0 Å². The Kier molecular flexibility index (Phi) is 3.97. The van der Waals surface area contributed by atoms with Gasteiger partial charge >= 0.3 is 0 Å². The zero-order valence-corrected chi connectivity index (χ0v) is 20.9. The van der Waals surface area contributed by atoms with Crippen molar-refractivity contribution >= 4 is 64.3 Å². The maximum Gasteiger partial charge on any atom is 0.210 e. The first-order valence-electron chi connectivity index (χ1n) is 12.4. The molecule has 8 rings (SSSR count). The van der Waals surface area contributed by atoms with E-state index in [1.54, 1.807) is 18.2 Å². The Morgan fingerprint density at radius 3 is 1.84 bits per heavy atom. The van der Waals surface area contributed by atoms with Crippen LogP contribution in [0.2, 0.25) is 0 Å². The minimum Gasteiger partial charge on any atom is -0.353 e. The third-order valence-electron chi connectivity index (χ3n) is 7.91. The normalized spacial score (nSPS) is 14.2. The van der Waals surface area contributed by atoms with Gasteiger partial charge in [0.2, 0.25) is 9.84 Å². The van der Waals surface area contributed by atoms with E-state index >= 15 is 0 Å². The maximum atomic E-state index is 13.7. The van der Waals surface area contributed by atoms with Crippen molar-refractivity contribution in [3.05, 3.63) is 109 Å². The van der Waals surface area contributed by atoms with Gasteiger partial charge in [-0.1, -0.05) is 91.0 Å². The maximum absolute atomic E-state index is 13.7. The van der Waals surface area contributed by atoms with Gasteiger partial charge in [0.1, 0.15) is 0 Å². The zero-order valence-electron chi connectivity index (χ0n) is 20.0. The third kappa shape index (κ3) is 2.63. The molecule has 0 radical (unpaired) electrons. The summed E-state index contributed by atoms with van der Waals surface area (Å²) in [6.45, 7) is 1.94. The highest BCUT2D eigenvalue weighted by Crippen LogP contribution is 2.48. The average Bonchev–Trinajstić information content (AvgIpc) is 2.92. The van der Waals surface area contributed by atoms with Crippen LogP contribution in [-0.2, 0) is 9.84 Å². The summed E-state index contributed by atoms with van der Waals surface area (Å²) in [6.07, 6.45) is 0. The van der Waals surface area contributed by atoms with Crippen LogP contribution in [0.15, 0.2) is 113 Å². The molecule has 7 aromatic carbocycles. The summed E-state index contributed by atoms with van der Waals surface area (Å²) in [5.41, 5.74) is 4.11. The molecule has 0 bridgehead atoms. The van der Waals surface area contributed by atoms with Crippen molar-refractivity contribution in [3.63, 3.8) is 0 Å². The second-order valence-electron chi connectivity index (χ2n) is 9.85. The fourth-order valence-electron chi connectivity index (χ4n) is 6.26. The first-order valence-corrected chi connectivity index (χ1v) is 13.9. The number of benzene rings is 7. The molecule has 7 aromatic rings. The van der Waals surface area contributed by atoms with Crippen molar-refractivity contribution in [1.82, 2.24) is 0 Å². The molecule has 0 saturated heterocycles. The highest BCUT2D eigenvalue weighted by Gasteiger charge is 2.32. The number of sulfone groups is 1. The van der Waals surface area contributed by atoms with E-state index in [0.717, 1.165) is 22.1 Å². The lowest BCUT2D eigenvalue weighted by Crippen LogP contribution is -2.15. The van der Waals surface area contributed by atoms with Crippen molar-refractivity contribution in [2.75, 3.05) is 5.32 Å². The van der Waals surface area contributed by atoms with Gasteiger partial charge in [0, 0.05) is 5.56 Å². The first kappa shape index (κ1) is 20.7. The minimum atomic E-state index is -3.65. The van der Waals surface area contributed by atoms with Crippen LogP contribution in [0.5, 0.6) is 0 Å². The van der Waals surface area contributed by atoms with E-state index < -0.39 is 9.84 Å². The Bertz CT molecular complexity index is 2150. The lowest BCUT2D eigenvalue weighted by molar-refractivity contribution is 0.596. The van der Waals surface area contributed by atoms with Gasteiger partial charge in [-0.05, 0) is 73.3 Å². The quantitative estimate of drug-likeness (QED) is 0.183. The molecule has 1 aliphatic rings. The van der Waals surface area contributed by atoms with Crippen LogP contribution in [-0.4, -0.2) is 8.42 Å². The summed E-state index contributed by atoms with van der Waals surface area (Å²) in [4.78, 5) is 0.650. The number of rotatable bonds is 1. The van der Waals surface area contributed by atoms with Crippen molar-refractivity contribution in [3.8, 4) is 11.1 Å². The number of hydrogen-bond donors (Lipinski definition) is 1. The van der Waals surface area contributed by atoms with Crippen LogP contribution in [0.3, 0.4) is 0 Å². The van der Waals surface area contributed by atoms with E-state index in [1.165, 1.54) is 37.7 Å². The summed E-state index contributed by atoms with van der Waals surface area (Å²) in [6, 6.07) is 34.8. The smallest absolute Gasteiger partial charge is 0.210 e. The number of para-hydroxylation sites is 2. The molecular weight excluding hydrogens is 474 g/mol. The molecular formula is C33H21NO2S. The predicted octanol–water partition coefficient (Wildman–Crippen LogP) is 8.60. The van der Waals surface area contributed by atoms with Crippen LogP contribution in [0.4, 0.5) is 11.4 Å². The molecule has 1 aliphatic heterocycles. The Labute approximate surface area is 214 Å². The lowest BCUT2D eigenvalue weighted by atomic mass is 9.87. The Hall–Kier alpha value is -4.41. The van der Waals surface area contributed by atoms with Crippen LogP contribution in [0, 0.1) is 6.92 Å². The number of anilines is 2. The topological polar surface area (TPSA) is 46.2 Å². The molecule has 0 fully saturated rings. The van der Waals surface area contributed by atoms with Crippen LogP contribution < -0.4 is 5.32 Å². The van der Waals surface area contributed by atoms with E-state index in [0.29, 0.717) is 21.2 Å². The lowest BCUT2D eigenvalue weighted by Gasteiger charge is -2.26. The highest BCUT2D eigenvalue weighted by molar-refractivity contribution is 7.92. The Morgan fingerprint density at radius 1 is 0.514 bits per heavy atom. The molecule has 0 aliphatic carbocycles. The largest absolute Gasteiger partial charge is 0.353 e. The van der Waals surface area contributed by atoms with Crippen LogP contribution in [0.25, 0.3) is 54.2 Å². The van der Waals surface area contributed by atoms with E-state index in [9.17, 15) is 8.42 Å². The molecule has 176 valence electrons. The molecule has 3 nitrogen and oxygen atoms in total.